The van der Waals surface area contributed by atoms with Gasteiger partial charge in [0.15, 0.2) is 0 Å². The molecule has 1 atom stereocenters. The summed E-state index contributed by atoms with van der Waals surface area (Å²) in [5, 5.41) is 2.99. The van der Waals surface area contributed by atoms with Crippen LogP contribution in [0.1, 0.15) is 43.0 Å². The molecule has 0 spiro atoms. The largest absolute Gasteiger partial charge is 0.495 e. The molecule has 1 aliphatic carbocycles. The van der Waals surface area contributed by atoms with E-state index in [-0.39, 0.29) is 29.0 Å². The predicted molar refractivity (Wildman–Crippen MR) is 106 cm³/mol. The number of nitrogens with two attached hydrogens (primary N) is 1. The minimum atomic E-state index is -3.69. The molecule has 1 saturated heterocycles. The lowest BCUT2D eigenvalue weighted by molar-refractivity contribution is 0.0897. The van der Waals surface area contributed by atoms with Crippen molar-refractivity contribution in [2.75, 3.05) is 26.7 Å². The van der Waals surface area contributed by atoms with Crippen LogP contribution in [0.2, 0.25) is 0 Å². The van der Waals surface area contributed by atoms with Gasteiger partial charge in [0.05, 0.1) is 12.6 Å². The summed E-state index contributed by atoms with van der Waals surface area (Å²) in [5.41, 5.74) is 5.69. The molecule has 27 heavy (non-hydrogen) atoms. The van der Waals surface area contributed by atoms with Gasteiger partial charge in [-0.3, -0.25) is 4.79 Å². The zero-order valence-corrected chi connectivity index (χ0v) is 17.4. The smallest absolute Gasteiger partial charge is 0.251 e. The van der Waals surface area contributed by atoms with Gasteiger partial charge in [-0.15, -0.1) is 12.4 Å². The molecule has 3 N–H and O–H groups in total. The summed E-state index contributed by atoms with van der Waals surface area (Å²) < 4.78 is 32.6. The summed E-state index contributed by atoms with van der Waals surface area (Å²) in [6.07, 6.45) is 3.78. The molecule has 1 saturated carbocycles. The molecule has 1 aliphatic heterocycles. The van der Waals surface area contributed by atoms with E-state index in [1.807, 2.05) is 6.92 Å². The average molecular weight is 418 g/mol. The van der Waals surface area contributed by atoms with Gasteiger partial charge in [0, 0.05) is 25.2 Å². The summed E-state index contributed by atoms with van der Waals surface area (Å²) in [6.45, 7) is 3.27. The third-order valence-electron chi connectivity index (χ3n) is 5.41. The van der Waals surface area contributed by atoms with E-state index in [1.165, 1.54) is 23.5 Å². The Morgan fingerprint density at radius 2 is 1.96 bits per heavy atom. The van der Waals surface area contributed by atoms with Crippen LogP contribution in [0.4, 0.5) is 0 Å². The maximum absolute atomic E-state index is 12.9. The highest BCUT2D eigenvalue weighted by molar-refractivity contribution is 7.89. The van der Waals surface area contributed by atoms with Crippen LogP contribution in [0, 0.1) is 5.92 Å². The van der Waals surface area contributed by atoms with Crippen molar-refractivity contribution < 1.29 is 17.9 Å². The Morgan fingerprint density at radius 3 is 2.48 bits per heavy atom. The highest BCUT2D eigenvalue weighted by Gasteiger charge is 2.42. The lowest BCUT2D eigenvalue weighted by atomic mass is 9.95. The van der Waals surface area contributed by atoms with Gasteiger partial charge < -0.3 is 15.8 Å². The number of nitrogens with zero attached hydrogens (tertiary/aromatic N) is 1. The van der Waals surface area contributed by atoms with Gasteiger partial charge in [0.2, 0.25) is 10.0 Å². The molecule has 1 heterocycles. The molecule has 152 valence electrons. The Hall–Kier alpha value is -1.35. The van der Waals surface area contributed by atoms with Crippen LogP contribution in [0.3, 0.4) is 0 Å². The first-order valence-electron chi connectivity index (χ1n) is 9.02. The first-order valence-corrected chi connectivity index (χ1v) is 10.5. The molecule has 1 aromatic carbocycles. The second-order valence-electron chi connectivity index (χ2n) is 7.33. The van der Waals surface area contributed by atoms with Gasteiger partial charge >= 0.3 is 0 Å². The van der Waals surface area contributed by atoms with Crippen molar-refractivity contribution >= 4 is 28.3 Å². The summed E-state index contributed by atoms with van der Waals surface area (Å²) in [6, 6.07) is 4.53. The van der Waals surface area contributed by atoms with E-state index in [2.05, 4.69) is 5.32 Å². The number of halogens is 1. The highest BCUT2D eigenvalue weighted by atomic mass is 35.5. The minimum absolute atomic E-state index is 0. The SMILES string of the molecule is COc1ccc(C(=O)NC(C)(CN)C2CC2)cc1S(=O)(=O)N1CCCC1.Cl. The number of sulfonamides is 1. The summed E-state index contributed by atoms with van der Waals surface area (Å²) in [7, 11) is -2.26. The number of rotatable bonds is 7. The fourth-order valence-corrected chi connectivity index (χ4v) is 5.16. The van der Waals surface area contributed by atoms with Gasteiger partial charge in [0.1, 0.15) is 10.6 Å². The quantitative estimate of drug-likeness (QED) is 0.703. The third kappa shape index (κ3) is 4.39. The van der Waals surface area contributed by atoms with Crippen LogP contribution < -0.4 is 15.8 Å². The Kier molecular flexibility index (Phi) is 6.78. The third-order valence-corrected chi connectivity index (χ3v) is 7.33. The van der Waals surface area contributed by atoms with Crippen LogP contribution in [-0.2, 0) is 10.0 Å². The molecule has 7 nitrogen and oxygen atoms in total. The monoisotopic (exact) mass is 417 g/mol. The summed E-state index contributed by atoms with van der Waals surface area (Å²) in [4.78, 5) is 12.8. The number of hydrogen-bond acceptors (Lipinski definition) is 5. The number of nitrogens with one attached hydrogen (secondary N) is 1. The molecular formula is C18H28ClN3O4S. The molecule has 0 bridgehead atoms. The van der Waals surface area contributed by atoms with E-state index >= 15 is 0 Å². The van der Waals surface area contributed by atoms with Crippen LogP contribution in [-0.4, -0.2) is 50.9 Å². The van der Waals surface area contributed by atoms with Crippen molar-refractivity contribution in [3.8, 4) is 5.75 Å². The van der Waals surface area contributed by atoms with Crippen molar-refractivity contribution in [2.45, 2.75) is 43.0 Å². The Morgan fingerprint density at radius 1 is 1.33 bits per heavy atom. The van der Waals surface area contributed by atoms with Gasteiger partial charge in [-0.25, -0.2) is 8.42 Å². The molecule has 9 heteroatoms. The zero-order valence-electron chi connectivity index (χ0n) is 15.7. The maximum Gasteiger partial charge on any atom is 0.251 e. The van der Waals surface area contributed by atoms with Crippen molar-refractivity contribution in [3.63, 3.8) is 0 Å². The zero-order chi connectivity index (χ0) is 18.9. The fraction of sp³-hybridized carbons (Fsp3) is 0.611. The fourth-order valence-electron chi connectivity index (χ4n) is 3.46. The van der Waals surface area contributed by atoms with E-state index in [0.717, 1.165) is 25.7 Å². The minimum Gasteiger partial charge on any atom is -0.495 e. The lowest BCUT2D eigenvalue weighted by Gasteiger charge is -2.29. The first kappa shape index (κ1) is 21.9. The maximum atomic E-state index is 12.9. The van der Waals surface area contributed by atoms with Crippen molar-refractivity contribution in [1.29, 1.82) is 0 Å². The molecular weight excluding hydrogens is 390 g/mol. The van der Waals surface area contributed by atoms with Crippen molar-refractivity contribution in [3.05, 3.63) is 23.8 Å². The Bertz CT molecular complexity index is 792. The number of carbonyl (C=O) groups is 1. The van der Waals surface area contributed by atoms with Crippen molar-refractivity contribution in [2.24, 2.45) is 11.7 Å². The first-order chi connectivity index (χ1) is 12.3. The number of benzene rings is 1. The average Bonchev–Trinajstić information content (AvgIpc) is 3.35. The van der Waals surface area contributed by atoms with E-state index in [1.54, 1.807) is 6.07 Å². The van der Waals surface area contributed by atoms with Gasteiger partial charge in [-0.2, -0.15) is 4.31 Å². The normalized spacial score (nSPS) is 19.8. The number of hydrogen-bond donors (Lipinski definition) is 2. The number of ether oxygens (including phenoxy) is 1. The van der Waals surface area contributed by atoms with Crippen LogP contribution >= 0.6 is 12.4 Å². The molecule has 3 rings (SSSR count). The number of carbonyl (C=O) groups excluding carboxylic acids is 1. The molecule has 2 aliphatic rings. The number of methoxy groups -OCH3 is 1. The van der Waals surface area contributed by atoms with E-state index in [9.17, 15) is 13.2 Å². The molecule has 1 amide bonds. The highest BCUT2D eigenvalue weighted by Crippen LogP contribution is 2.39. The summed E-state index contributed by atoms with van der Waals surface area (Å²) >= 11 is 0. The topological polar surface area (TPSA) is 102 Å². The molecule has 0 radical (unpaired) electrons. The predicted octanol–water partition coefficient (Wildman–Crippen LogP) is 1.76. The number of amides is 1. The van der Waals surface area contributed by atoms with E-state index < -0.39 is 15.6 Å². The van der Waals surface area contributed by atoms with Crippen LogP contribution in [0.15, 0.2) is 23.1 Å². The molecule has 2 fully saturated rings. The van der Waals surface area contributed by atoms with Gasteiger partial charge in [-0.05, 0) is 56.7 Å². The molecule has 1 aromatic rings. The molecule has 0 aromatic heterocycles. The van der Waals surface area contributed by atoms with Crippen LogP contribution in [0.5, 0.6) is 5.75 Å². The molecule has 1 unspecified atom stereocenters. The Balaban J connectivity index is 0.00000261. The standard InChI is InChI=1S/C18H27N3O4S.ClH/c1-18(12-19,14-6-7-14)20-17(22)13-5-8-15(25-2)16(11-13)26(23,24)21-9-3-4-10-21;/h5,8,11,14H,3-4,6-7,9-10,12,19H2,1-2H3,(H,20,22);1H. The van der Waals surface area contributed by atoms with Gasteiger partial charge in [-0.1, -0.05) is 0 Å². The second kappa shape index (κ2) is 8.34. The summed E-state index contributed by atoms with van der Waals surface area (Å²) in [5.74, 6) is 0.310. The van der Waals surface area contributed by atoms with Crippen molar-refractivity contribution in [1.82, 2.24) is 9.62 Å². The second-order valence-corrected chi connectivity index (χ2v) is 9.23. The Labute approximate surface area is 167 Å². The lowest BCUT2D eigenvalue weighted by Crippen LogP contribution is -2.53. The van der Waals surface area contributed by atoms with E-state index in [4.69, 9.17) is 10.5 Å². The van der Waals surface area contributed by atoms with E-state index in [0.29, 0.717) is 31.1 Å². The van der Waals surface area contributed by atoms with Gasteiger partial charge in [0.25, 0.3) is 5.91 Å². The van der Waals surface area contributed by atoms with Crippen LogP contribution in [0.25, 0.3) is 0 Å².